The van der Waals surface area contributed by atoms with Crippen LogP contribution in [0, 0.1) is 0 Å². The van der Waals surface area contributed by atoms with E-state index in [4.69, 9.17) is 14.9 Å². The molecule has 0 aliphatic heterocycles. The highest BCUT2D eigenvalue weighted by Crippen LogP contribution is 2.27. The Bertz CT molecular complexity index is 2060. The van der Waals surface area contributed by atoms with Crippen molar-refractivity contribution in [1.82, 2.24) is 35.0 Å². The SMILES string of the molecule is COc1ccc(Cn2c(CCc3c[nH]c4ccccc34)nnc2[C@@H](Cc2c[nH]c3ccccc23)NC(=O)c2ccccn2)cc1. The minimum atomic E-state index is -0.466. The van der Waals surface area contributed by atoms with Gasteiger partial charge < -0.3 is 24.6 Å². The number of hydrogen-bond donors (Lipinski definition) is 3. The van der Waals surface area contributed by atoms with Gasteiger partial charge in [0.15, 0.2) is 5.82 Å². The van der Waals surface area contributed by atoms with E-state index in [-0.39, 0.29) is 5.91 Å². The summed E-state index contributed by atoms with van der Waals surface area (Å²) >= 11 is 0. The summed E-state index contributed by atoms with van der Waals surface area (Å²) in [4.78, 5) is 24.6. The molecule has 0 radical (unpaired) electrons. The zero-order chi connectivity index (χ0) is 30.6. The maximum absolute atomic E-state index is 13.5. The molecule has 1 atom stereocenters. The molecule has 9 heteroatoms. The van der Waals surface area contributed by atoms with E-state index in [1.165, 1.54) is 10.9 Å². The first-order valence-electron chi connectivity index (χ1n) is 15.0. The van der Waals surface area contributed by atoms with Crippen LogP contribution in [0.25, 0.3) is 21.8 Å². The number of aryl methyl sites for hydroxylation is 2. The second-order valence-corrected chi connectivity index (χ2v) is 11.1. The maximum Gasteiger partial charge on any atom is 0.270 e. The van der Waals surface area contributed by atoms with Crippen molar-refractivity contribution in [3.05, 3.63) is 144 Å². The molecule has 7 aromatic rings. The third-order valence-electron chi connectivity index (χ3n) is 8.26. The lowest BCUT2D eigenvalue weighted by Crippen LogP contribution is -2.33. The topological polar surface area (TPSA) is 114 Å². The van der Waals surface area contributed by atoms with Crippen molar-refractivity contribution in [3.63, 3.8) is 0 Å². The standard InChI is InChI=1S/C36H33N7O2/c1-45-27-16-13-24(14-17-27)23-43-34(18-15-25-21-38-30-10-4-2-8-28(25)30)41-42-35(43)33(40-36(44)32-12-6-7-19-37-32)20-26-22-39-31-11-5-3-9-29(26)31/h2-14,16-17,19,21-22,33,38-39H,15,18,20,23H2,1H3,(H,40,44)/t33-/m1/s1. The van der Waals surface area contributed by atoms with E-state index in [2.05, 4.69) is 61.4 Å². The van der Waals surface area contributed by atoms with Gasteiger partial charge in [-0.15, -0.1) is 10.2 Å². The van der Waals surface area contributed by atoms with Gasteiger partial charge in [-0.3, -0.25) is 9.78 Å². The zero-order valence-electron chi connectivity index (χ0n) is 24.9. The number of methoxy groups -OCH3 is 1. The first kappa shape index (κ1) is 28.1. The summed E-state index contributed by atoms with van der Waals surface area (Å²) in [5.41, 5.74) is 5.89. The Labute approximate surface area is 260 Å². The lowest BCUT2D eigenvalue weighted by atomic mass is 10.0. The lowest BCUT2D eigenvalue weighted by Gasteiger charge is -2.20. The molecule has 9 nitrogen and oxygen atoms in total. The molecule has 45 heavy (non-hydrogen) atoms. The van der Waals surface area contributed by atoms with Gasteiger partial charge in [-0.1, -0.05) is 54.6 Å². The van der Waals surface area contributed by atoms with Crippen molar-refractivity contribution < 1.29 is 9.53 Å². The molecule has 7 rings (SSSR count). The number of H-pyrrole nitrogens is 2. The van der Waals surface area contributed by atoms with Crippen molar-refractivity contribution in [1.29, 1.82) is 0 Å². The number of rotatable bonds is 11. The number of benzene rings is 3. The Morgan fingerprint density at radius 2 is 1.51 bits per heavy atom. The number of carbonyl (C=O) groups excluding carboxylic acids is 1. The van der Waals surface area contributed by atoms with Gasteiger partial charge in [-0.2, -0.15) is 0 Å². The van der Waals surface area contributed by atoms with E-state index in [9.17, 15) is 4.79 Å². The number of ether oxygens (including phenoxy) is 1. The van der Waals surface area contributed by atoms with Crippen LogP contribution in [0.5, 0.6) is 5.75 Å². The van der Waals surface area contributed by atoms with Crippen LogP contribution in [0.1, 0.15) is 44.9 Å². The summed E-state index contributed by atoms with van der Waals surface area (Å²) in [6.07, 6.45) is 7.69. The van der Waals surface area contributed by atoms with Gasteiger partial charge in [-0.25, -0.2) is 0 Å². The van der Waals surface area contributed by atoms with E-state index in [0.717, 1.165) is 45.5 Å². The van der Waals surface area contributed by atoms with E-state index >= 15 is 0 Å². The fourth-order valence-electron chi connectivity index (χ4n) is 5.92. The van der Waals surface area contributed by atoms with E-state index in [0.29, 0.717) is 30.9 Å². The summed E-state index contributed by atoms with van der Waals surface area (Å²) in [6.45, 7) is 0.541. The zero-order valence-corrected chi connectivity index (χ0v) is 24.9. The molecule has 4 aromatic heterocycles. The molecular formula is C36H33N7O2. The Balaban J connectivity index is 1.27. The average Bonchev–Trinajstić information content (AvgIpc) is 3.81. The number of nitrogens with one attached hydrogen (secondary N) is 3. The molecule has 0 aliphatic rings. The first-order valence-corrected chi connectivity index (χ1v) is 15.0. The van der Waals surface area contributed by atoms with Crippen LogP contribution in [0.15, 0.2) is 110 Å². The number of aromatic nitrogens is 6. The predicted octanol–water partition coefficient (Wildman–Crippen LogP) is 6.19. The fraction of sp³-hybridized carbons (Fsp3) is 0.167. The van der Waals surface area contributed by atoms with Crippen LogP contribution in [0.2, 0.25) is 0 Å². The fourth-order valence-corrected chi connectivity index (χ4v) is 5.92. The molecule has 0 saturated heterocycles. The number of fused-ring (bicyclic) bond motifs is 2. The predicted molar refractivity (Wildman–Crippen MR) is 174 cm³/mol. The highest BCUT2D eigenvalue weighted by Gasteiger charge is 2.26. The van der Waals surface area contributed by atoms with Crippen molar-refractivity contribution in [2.24, 2.45) is 0 Å². The number of hydrogen-bond acceptors (Lipinski definition) is 5. The monoisotopic (exact) mass is 595 g/mol. The Hall–Kier alpha value is -5.70. The molecule has 0 saturated carbocycles. The average molecular weight is 596 g/mol. The van der Waals surface area contributed by atoms with Crippen molar-refractivity contribution >= 4 is 27.7 Å². The minimum Gasteiger partial charge on any atom is -0.497 e. The molecule has 0 aliphatic carbocycles. The quantitative estimate of drug-likeness (QED) is 0.165. The number of pyridine rings is 1. The Kier molecular flexibility index (Phi) is 7.80. The number of para-hydroxylation sites is 2. The molecule has 0 bridgehead atoms. The van der Waals surface area contributed by atoms with Gasteiger partial charge in [0.2, 0.25) is 0 Å². The number of nitrogens with zero attached hydrogens (tertiary/aromatic N) is 4. The highest BCUT2D eigenvalue weighted by atomic mass is 16.5. The van der Waals surface area contributed by atoms with Gasteiger partial charge in [0, 0.05) is 53.2 Å². The van der Waals surface area contributed by atoms with E-state index in [1.807, 2.05) is 54.7 Å². The summed E-state index contributed by atoms with van der Waals surface area (Å²) in [5, 5.41) is 15.0. The molecule has 4 heterocycles. The van der Waals surface area contributed by atoms with Gasteiger partial charge in [-0.05, 0) is 59.5 Å². The molecule has 0 unspecified atom stereocenters. The number of amides is 1. The normalized spacial score (nSPS) is 12.0. The van der Waals surface area contributed by atoms with Crippen molar-refractivity contribution in [3.8, 4) is 5.75 Å². The van der Waals surface area contributed by atoms with Gasteiger partial charge in [0.05, 0.1) is 19.7 Å². The van der Waals surface area contributed by atoms with Crippen LogP contribution < -0.4 is 10.1 Å². The first-order chi connectivity index (χ1) is 22.2. The highest BCUT2D eigenvalue weighted by molar-refractivity contribution is 5.92. The molecule has 1 amide bonds. The maximum atomic E-state index is 13.5. The van der Waals surface area contributed by atoms with Crippen LogP contribution in [-0.2, 0) is 25.8 Å². The lowest BCUT2D eigenvalue weighted by molar-refractivity contribution is 0.0929. The number of aromatic amines is 2. The summed E-state index contributed by atoms with van der Waals surface area (Å²) in [6, 6.07) is 29.4. The smallest absolute Gasteiger partial charge is 0.270 e. The molecule has 3 N–H and O–H groups in total. The van der Waals surface area contributed by atoms with Gasteiger partial charge >= 0.3 is 0 Å². The molecule has 0 fully saturated rings. The summed E-state index contributed by atoms with van der Waals surface area (Å²) < 4.78 is 7.54. The Morgan fingerprint density at radius 3 is 2.22 bits per heavy atom. The van der Waals surface area contributed by atoms with Crippen LogP contribution >= 0.6 is 0 Å². The molecular weight excluding hydrogens is 562 g/mol. The third kappa shape index (κ3) is 5.92. The molecule has 3 aromatic carbocycles. The number of carbonyl (C=O) groups is 1. The van der Waals surface area contributed by atoms with Crippen LogP contribution in [-0.4, -0.2) is 42.7 Å². The largest absolute Gasteiger partial charge is 0.497 e. The second-order valence-electron chi connectivity index (χ2n) is 11.1. The minimum absolute atomic E-state index is 0.264. The Morgan fingerprint density at radius 1 is 0.822 bits per heavy atom. The van der Waals surface area contributed by atoms with Crippen molar-refractivity contribution in [2.45, 2.75) is 31.8 Å². The van der Waals surface area contributed by atoms with Crippen LogP contribution in [0.4, 0.5) is 0 Å². The van der Waals surface area contributed by atoms with Gasteiger partial charge in [0.1, 0.15) is 17.3 Å². The van der Waals surface area contributed by atoms with Crippen LogP contribution in [0.3, 0.4) is 0 Å². The van der Waals surface area contributed by atoms with E-state index in [1.54, 1.807) is 25.4 Å². The van der Waals surface area contributed by atoms with Crippen molar-refractivity contribution in [2.75, 3.05) is 7.11 Å². The third-order valence-corrected chi connectivity index (χ3v) is 8.26. The molecule has 0 spiro atoms. The van der Waals surface area contributed by atoms with Gasteiger partial charge in [0.25, 0.3) is 5.91 Å². The summed E-state index contributed by atoms with van der Waals surface area (Å²) in [5.74, 6) is 2.07. The second kappa shape index (κ2) is 12.5. The van der Waals surface area contributed by atoms with E-state index < -0.39 is 6.04 Å². The molecule has 224 valence electrons. The summed E-state index contributed by atoms with van der Waals surface area (Å²) in [7, 11) is 1.66.